The largest absolute Gasteiger partial charge is 0.495 e. The molecule has 1 aromatic heterocycles. The maximum absolute atomic E-state index is 12.3. The smallest absolute Gasteiger partial charge is 0.243 e. The third kappa shape index (κ3) is 3.21. The third-order valence-electron chi connectivity index (χ3n) is 4.46. The summed E-state index contributed by atoms with van der Waals surface area (Å²) in [4.78, 5) is 12.3. The van der Waals surface area contributed by atoms with E-state index in [2.05, 4.69) is 16.7 Å². The lowest BCUT2D eigenvalue weighted by atomic mass is 10.1. The van der Waals surface area contributed by atoms with Crippen molar-refractivity contribution in [3.05, 3.63) is 66.2 Å². The molecular formula is C22H17N3O3. The molecule has 1 amide bonds. The molecule has 28 heavy (non-hydrogen) atoms. The van der Waals surface area contributed by atoms with E-state index in [4.69, 9.17) is 14.4 Å². The number of ether oxygens (including phenoxy) is 1. The summed E-state index contributed by atoms with van der Waals surface area (Å²) >= 11 is 0. The van der Waals surface area contributed by atoms with Crippen molar-refractivity contribution in [2.75, 3.05) is 24.3 Å². The van der Waals surface area contributed by atoms with Crippen molar-refractivity contribution in [2.45, 2.75) is 0 Å². The van der Waals surface area contributed by atoms with Crippen LogP contribution in [0.15, 0.2) is 65.1 Å². The van der Waals surface area contributed by atoms with Gasteiger partial charge in [-0.3, -0.25) is 4.79 Å². The first-order chi connectivity index (χ1) is 13.7. The lowest BCUT2D eigenvalue weighted by Gasteiger charge is -2.12. The quantitative estimate of drug-likeness (QED) is 0.539. The Balaban J connectivity index is 1.56. The van der Waals surface area contributed by atoms with Crippen molar-refractivity contribution in [1.29, 1.82) is 5.26 Å². The molecule has 0 saturated carbocycles. The van der Waals surface area contributed by atoms with Crippen molar-refractivity contribution >= 4 is 39.2 Å². The minimum absolute atomic E-state index is 0.0157. The summed E-state index contributed by atoms with van der Waals surface area (Å²) < 4.78 is 11.4. The minimum atomic E-state index is -0.269. The average Bonchev–Trinajstić information content (AvgIpc) is 3.09. The number of carbonyl (C=O) groups is 1. The number of furan rings is 1. The number of nitriles is 1. The van der Waals surface area contributed by atoms with Gasteiger partial charge in [-0.25, -0.2) is 0 Å². The number of fused-ring (bicyclic) bond motifs is 3. The number of methoxy groups -OCH3 is 1. The molecule has 0 fully saturated rings. The van der Waals surface area contributed by atoms with Crippen LogP contribution in [0, 0.1) is 11.3 Å². The second kappa shape index (κ2) is 7.33. The predicted octanol–water partition coefficient (Wildman–Crippen LogP) is 4.52. The Morgan fingerprint density at radius 3 is 2.64 bits per heavy atom. The SMILES string of the molecule is COc1cc2c(cc1NCC(=O)Nc1ccccc1C#N)oc1ccccc12. The van der Waals surface area contributed by atoms with Crippen LogP contribution in [-0.4, -0.2) is 19.6 Å². The second-order valence-corrected chi connectivity index (χ2v) is 6.21. The Morgan fingerprint density at radius 1 is 1.04 bits per heavy atom. The molecule has 2 N–H and O–H groups in total. The Bertz CT molecular complexity index is 1220. The van der Waals surface area contributed by atoms with Crippen molar-refractivity contribution in [3.63, 3.8) is 0 Å². The number of amides is 1. The minimum Gasteiger partial charge on any atom is -0.495 e. The molecule has 0 aliphatic carbocycles. The third-order valence-corrected chi connectivity index (χ3v) is 4.46. The Hall–Kier alpha value is -3.98. The molecular weight excluding hydrogens is 354 g/mol. The van der Waals surface area contributed by atoms with Crippen molar-refractivity contribution in [2.24, 2.45) is 0 Å². The molecule has 0 aliphatic heterocycles. The van der Waals surface area contributed by atoms with Crippen LogP contribution < -0.4 is 15.4 Å². The van der Waals surface area contributed by atoms with Gasteiger partial charge in [0.1, 0.15) is 23.0 Å². The summed E-state index contributed by atoms with van der Waals surface area (Å²) in [7, 11) is 1.58. The number of hydrogen-bond donors (Lipinski definition) is 2. The number of anilines is 2. The van der Waals surface area contributed by atoms with Gasteiger partial charge in [0.15, 0.2) is 0 Å². The summed E-state index contributed by atoms with van der Waals surface area (Å²) in [5.74, 6) is 0.346. The standard InChI is InChI=1S/C22H17N3O3/c1-27-21-10-16-15-7-3-5-9-19(15)28-20(16)11-18(21)24-13-22(26)25-17-8-4-2-6-14(17)12-23/h2-11,24H,13H2,1H3,(H,25,26). The van der Waals surface area contributed by atoms with E-state index >= 15 is 0 Å². The van der Waals surface area contributed by atoms with Crippen LogP contribution in [0.3, 0.4) is 0 Å². The van der Waals surface area contributed by atoms with Crippen LogP contribution in [0.2, 0.25) is 0 Å². The average molecular weight is 371 g/mol. The highest BCUT2D eigenvalue weighted by molar-refractivity contribution is 6.07. The fourth-order valence-corrected chi connectivity index (χ4v) is 3.12. The molecule has 0 saturated heterocycles. The fourth-order valence-electron chi connectivity index (χ4n) is 3.12. The molecule has 4 rings (SSSR count). The van der Waals surface area contributed by atoms with Gasteiger partial charge in [-0.1, -0.05) is 30.3 Å². The van der Waals surface area contributed by atoms with Gasteiger partial charge >= 0.3 is 0 Å². The van der Waals surface area contributed by atoms with Gasteiger partial charge in [0.05, 0.1) is 30.6 Å². The van der Waals surface area contributed by atoms with E-state index in [0.29, 0.717) is 28.3 Å². The van der Waals surface area contributed by atoms with E-state index in [1.54, 1.807) is 31.4 Å². The lowest BCUT2D eigenvalue weighted by molar-refractivity contribution is -0.114. The zero-order valence-corrected chi connectivity index (χ0v) is 15.2. The van der Waals surface area contributed by atoms with Gasteiger partial charge in [0, 0.05) is 16.8 Å². The van der Waals surface area contributed by atoms with Gasteiger partial charge < -0.3 is 19.8 Å². The predicted molar refractivity (Wildman–Crippen MR) is 109 cm³/mol. The molecule has 0 atom stereocenters. The van der Waals surface area contributed by atoms with Crippen LogP contribution >= 0.6 is 0 Å². The van der Waals surface area contributed by atoms with Crippen molar-refractivity contribution < 1.29 is 13.9 Å². The van der Waals surface area contributed by atoms with Crippen LogP contribution in [0.1, 0.15) is 5.56 Å². The van der Waals surface area contributed by atoms with E-state index in [1.165, 1.54) is 0 Å². The number of hydrogen-bond acceptors (Lipinski definition) is 5. The highest BCUT2D eigenvalue weighted by Crippen LogP contribution is 2.36. The molecule has 1 heterocycles. The molecule has 0 spiro atoms. The summed E-state index contributed by atoms with van der Waals surface area (Å²) in [6, 6.07) is 20.4. The first-order valence-corrected chi connectivity index (χ1v) is 8.71. The van der Waals surface area contributed by atoms with Crippen molar-refractivity contribution in [1.82, 2.24) is 0 Å². The Kier molecular flexibility index (Phi) is 4.56. The van der Waals surface area contributed by atoms with Crippen LogP contribution in [0.4, 0.5) is 11.4 Å². The number of para-hydroxylation sites is 2. The zero-order chi connectivity index (χ0) is 19.5. The van der Waals surface area contributed by atoms with Crippen LogP contribution in [0.25, 0.3) is 21.9 Å². The van der Waals surface area contributed by atoms with Gasteiger partial charge in [-0.05, 0) is 24.3 Å². The van der Waals surface area contributed by atoms with E-state index < -0.39 is 0 Å². The highest BCUT2D eigenvalue weighted by atomic mass is 16.5. The molecule has 0 unspecified atom stereocenters. The molecule has 3 aromatic carbocycles. The molecule has 6 nitrogen and oxygen atoms in total. The maximum atomic E-state index is 12.3. The fraction of sp³-hybridized carbons (Fsp3) is 0.0909. The Labute approximate surface area is 161 Å². The summed E-state index contributed by atoms with van der Waals surface area (Å²) in [6.07, 6.45) is 0. The summed E-state index contributed by atoms with van der Waals surface area (Å²) in [5, 5.41) is 16.9. The van der Waals surface area contributed by atoms with Gasteiger partial charge in [0.2, 0.25) is 5.91 Å². The maximum Gasteiger partial charge on any atom is 0.243 e. The van der Waals surface area contributed by atoms with Crippen LogP contribution in [-0.2, 0) is 4.79 Å². The van der Waals surface area contributed by atoms with Gasteiger partial charge in [0.25, 0.3) is 0 Å². The van der Waals surface area contributed by atoms with Gasteiger partial charge in [-0.15, -0.1) is 0 Å². The number of benzene rings is 3. The summed E-state index contributed by atoms with van der Waals surface area (Å²) in [5.41, 5.74) is 3.05. The summed E-state index contributed by atoms with van der Waals surface area (Å²) in [6.45, 7) is 0.0157. The van der Waals surface area contributed by atoms with E-state index in [9.17, 15) is 4.79 Å². The normalized spacial score (nSPS) is 10.6. The highest BCUT2D eigenvalue weighted by Gasteiger charge is 2.13. The van der Waals surface area contributed by atoms with E-state index in [1.807, 2.05) is 36.4 Å². The molecule has 0 radical (unpaired) electrons. The molecule has 6 heteroatoms. The number of carbonyl (C=O) groups excluding carboxylic acids is 1. The van der Waals surface area contributed by atoms with Crippen molar-refractivity contribution in [3.8, 4) is 11.8 Å². The van der Waals surface area contributed by atoms with Crippen LogP contribution in [0.5, 0.6) is 5.75 Å². The first kappa shape index (κ1) is 17.4. The second-order valence-electron chi connectivity index (χ2n) is 6.21. The molecule has 138 valence electrons. The lowest BCUT2D eigenvalue weighted by Crippen LogP contribution is -2.22. The monoisotopic (exact) mass is 371 g/mol. The molecule has 0 bridgehead atoms. The zero-order valence-electron chi connectivity index (χ0n) is 15.2. The number of nitrogens with one attached hydrogen (secondary N) is 2. The number of rotatable bonds is 5. The van der Waals surface area contributed by atoms with E-state index in [-0.39, 0.29) is 12.5 Å². The first-order valence-electron chi connectivity index (χ1n) is 8.71. The topological polar surface area (TPSA) is 87.3 Å². The molecule has 4 aromatic rings. The number of nitrogens with zero attached hydrogens (tertiary/aromatic N) is 1. The molecule has 0 aliphatic rings. The van der Waals surface area contributed by atoms with E-state index in [0.717, 1.165) is 16.4 Å². The Morgan fingerprint density at radius 2 is 1.82 bits per heavy atom. The van der Waals surface area contributed by atoms with Gasteiger partial charge in [-0.2, -0.15) is 5.26 Å².